The van der Waals surface area contributed by atoms with Crippen molar-refractivity contribution in [3.63, 3.8) is 0 Å². The van der Waals surface area contributed by atoms with Crippen LogP contribution >= 0.6 is 0 Å². The highest BCUT2D eigenvalue weighted by Crippen LogP contribution is 2.40. The van der Waals surface area contributed by atoms with Crippen LogP contribution in [0, 0.1) is 28.1 Å². The first-order valence-electron chi connectivity index (χ1n) is 12.3. The highest BCUT2D eigenvalue weighted by Gasteiger charge is 2.29. The van der Waals surface area contributed by atoms with Gasteiger partial charge in [0.2, 0.25) is 0 Å². The van der Waals surface area contributed by atoms with E-state index in [0.717, 1.165) is 11.8 Å². The molecule has 0 rings (SSSR count). The summed E-state index contributed by atoms with van der Waals surface area (Å²) in [6.07, 6.45) is 14.3. The van der Waals surface area contributed by atoms with Crippen molar-refractivity contribution in [3.8, 4) is 0 Å². The third kappa shape index (κ3) is 23.6. The van der Waals surface area contributed by atoms with Crippen LogP contribution in [0.1, 0.15) is 134 Å². The Morgan fingerprint density at radius 3 is 1.21 bits per heavy atom. The first-order valence-corrected chi connectivity index (χ1v) is 12.3. The van der Waals surface area contributed by atoms with E-state index in [2.05, 4.69) is 96.2 Å². The molecule has 29 heavy (non-hydrogen) atoms. The molecule has 0 nitrogen and oxygen atoms in total. The second-order valence-corrected chi connectivity index (χ2v) is 12.1. The van der Waals surface area contributed by atoms with Crippen molar-refractivity contribution in [2.75, 3.05) is 0 Å². The molecule has 0 saturated carbocycles. The average molecular weight is 409 g/mol. The Balaban J connectivity index is -0.000000831. The SMILES string of the molecule is C=CC=C.CCC.CCCC(CCCCC(CC(C)(C)C)C(C)(C)C)C(C)(C)C. The molecule has 0 fully saturated rings. The molecule has 0 aliphatic rings. The minimum atomic E-state index is 0.445. The van der Waals surface area contributed by atoms with Gasteiger partial charge in [0.15, 0.2) is 0 Å². The number of rotatable bonds is 9. The van der Waals surface area contributed by atoms with Gasteiger partial charge in [0.1, 0.15) is 0 Å². The molecule has 176 valence electrons. The van der Waals surface area contributed by atoms with E-state index in [1.54, 1.807) is 12.2 Å². The van der Waals surface area contributed by atoms with Crippen molar-refractivity contribution in [1.82, 2.24) is 0 Å². The minimum Gasteiger partial charge on any atom is -0.0991 e. The van der Waals surface area contributed by atoms with Crippen LogP contribution in [0.2, 0.25) is 0 Å². The first kappa shape index (κ1) is 33.1. The first-order chi connectivity index (χ1) is 13.1. The van der Waals surface area contributed by atoms with E-state index in [4.69, 9.17) is 0 Å². The standard InChI is InChI=1S/C22H46.C4H6.C3H8/c1-11-14-18(21(5,6)7)15-12-13-16-19(22(8,9)10)17-20(2,3)4;1-3-4-2;1-3-2/h18-19H,11-17H2,1-10H3;3-4H,1-2H2;3H2,1-2H3. The predicted octanol–water partition coefficient (Wildman–Crippen LogP) is 10.9. The quantitative estimate of drug-likeness (QED) is 0.263. The summed E-state index contributed by atoms with van der Waals surface area (Å²) in [4.78, 5) is 0. The maximum atomic E-state index is 3.36. The summed E-state index contributed by atoms with van der Waals surface area (Å²) in [5, 5.41) is 0. The van der Waals surface area contributed by atoms with Crippen LogP contribution in [-0.2, 0) is 0 Å². The molecule has 0 saturated heterocycles. The topological polar surface area (TPSA) is 0 Å². The van der Waals surface area contributed by atoms with Crippen molar-refractivity contribution in [2.45, 2.75) is 134 Å². The molecule has 2 unspecified atom stereocenters. The lowest BCUT2D eigenvalue weighted by molar-refractivity contribution is 0.147. The third-order valence-electron chi connectivity index (χ3n) is 5.47. The number of unbranched alkanes of at least 4 members (excludes halogenated alkanes) is 1. The summed E-state index contributed by atoms with van der Waals surface area (Å²) in [5.41, 5.74) is 1.37. The molecule has 2 atom stereocenters. The maximum absolute atomic E-state index is 3.36. The Hall–Kier alpha value is -0.520. The van der Waals surface area contributed by atoms with Gasteiger partial charge in [-0.15, -0.1) is 0 Å². The summed E-state index contributed by atoms with van der Waals surface area (Å²) < 4.78 is 0. The predicted molar refractivity (Wildman–Crippen MR) is 140 cm³/mol. The molecule has 0 aromatic carbocycles. The molecule has 0 aliphatic carbocycles. The summed E-state index contributed by atoms with van der Waals surface area (Å²) in [7, 11) is 0. The summed E-state index contributed by atoms with van der Waals surface area (Å²) in [6, 6.07) is 0. The number of hydrogen-bond acceptors (Lipinski definition) is 0. The van der Waals surface area contributed by atoms with E-state index in [9.17, 15) is 0 Å². The lowest BCUT2D eigenvalue weighted by Gasteiger charge is -2.36. The second kappa shape index (κ2) is 17.2. The van der Waals surface area contributed by atoms with Gasteiger partial charge < -0.3 is 0 Å². The highest BCUT2D eigenvalue weighted by atomic mass is 14.3. The Labute approximate surface area is 188 Å². The summed E-state index contributed by atoms with van der Waals surface area (Å²) in [6.45, 7) is 35.0. The van der Waals surface area contributed by atoms with Gasteiger partial charge in [-0.2, -0.15) is 0 Å². The zero-order chi connectivity index (χ0) is 23.7. The molecule has 0 bridgehead atoms. The van der Waals surface area contributed by atoms with E-state index in [1.807, 2.05) is 0 Å². The van der Waals surface area contributed by atoms with Gasteiger partial charge in [0.25, 0.3) is 0 Å². The zero-order valence-corrected chi connectivity index (χ0v) is 22.9. The van der Waals surface area contributed by atoms with Gasteiger partial charge in [0, 0.05) is 0 Å². The minimum absolute atomic E-state index is 0.445. The van der Waals surface area contributed by atoms with Gasteiger partial charge in [-0.05, 0) is 47.3 Å². The van der Waals surface area contributed by atoms with Crippen LogP contribution in [0.25, 0.3) is 0 Å². The van der Waals surface area contributed by atoms with Crippen LogP contribution < -0.4 is 0 Å². The van der Waals surface area contributed by atoms with Gasteiger partial charge in [-0.25, -0.2) is 0 Å². The van der Waals surface area contributed by atoms with Crippen LogP contribution in [0.3, 0.4) is 0 Å². The van der Waals surface area contributed by atoms with Crippen molar-refractivity contribution in [2.24, 2.45) is 28.1 Å². The molecule has 0 heteroatoms. The Morgan fingerprint density at radius 1 is 0.621 bits per heavy atom. The van der Waals surface area contributed by atoms with Crippen molar-refractivity contribution < 1.29 is 0 Å². The van der Waals surface area contributed by atoms with E-state index in [-0.39, 0.29) is 0 Å². The molecule has 0 aliphatic heterocycles. The number of allylic oxidation sites excluding steroid dienone is 2. The van der Waals surface area contributed by atoms with E-state index >= 15 is 0 Å². The normalized spacial score (nSPS) is 13.9. The molecule has 0 aromatic rings. The lowest BCUT2D eigenvalue weighted by Crippen LogP contribution is -2.25. The smallest absolute Gasteiger partial charge is 0.0354 e. The van der Waals surface area contributed by atoms with Crippen molar-refractivity contribution in [1.29, 1.82) is 0 Å². The maximum Gasteiger partial charge on any atom is -0.0354 e. The second-order valence-electron chi connectivity index (χ2n) is 12.1. The van der Waals surface area contributed by atoms with Gasteiger partial charge in [-0.1, -0.05) is 140 Å². The van der Waals surface area contributed by atoms with Crippen LogP contribution in [0.5, 0.6) is 0 Å². The molecule has 0 spiro atoms. The fraction of sp³-hybridized carbons (Fsp3) is 0.862. The van der Waals surface area contributed by atoms with Crippen LogP contribution in [0.4, 0.5) is 0 Å². The van der Waals surface area contributed by atoms with E-state index < -0.39 is 0 Å². The Kier molecular flexibility index (Phi) is 19.6. The van der Waals surface area contributed by atoms with Crippen molar-refractivity contribution in [3.05, 3.63) is 25.3 Å². The fourth-order valence-corrected chi connectivity index (χ4v) is 3.72. The van der Waals surface area contributed by atoms with Gasteiger partial charge >= 0.3 is 0 Å². The van der Waals surface area contributed by atoms with Crippen molar-refractivity contribution >= 4 is 0 Å². The summed E-state index contributed by atoms with van der Waals surface area (Å²) in [5.74, 6) is 1.75. The molecule has 0 heterocycles. The largest absolute Gasteiger partial charge is 0.0991 e. The van der Waals surface area contributed by atoms with Crippen LogP contribution in [0.15, 0.2) is 25.3 Å². The molecule has 0 N–H and O–H groups in total. The Morgan fingerprint density at radius 2 is 0.966 bits per heavy atom. The molecule has 0 radical (unpaired) electrons. The zero-order valence-electron chi connectivity index (χ0n) is 22.9. The van der Waals surface area contributed by atoms with E-state index in [1.165, 1.54) is 51.4 Å². The highest BCUT2D eigenvalue weighted by molar-refractivity contribution is 4.88. The average Bonchev–Trinajstić information content (AvgIpc) is 2.54. The van der Waals surface area contributed by atoms with E-state index in [0.29, 0.717) is 16.2 Å². The van der Waals surface area contributed by atoms with Gasteiger partial charge in [0.05, 0.1) is 0 Å². The van der Waals surface area contributed by atoms with Gasteiger partial charge in [-0.3, -0.25) is 0 Å². The van der Waals surface area contributed by atoms with Crippen LogP contribution in [-0.4, -0.2) is 0 Å². The fourth-order valence-electron chi connectivity index (χ4n) is 3.72. The lowest BCUT2D eigenvalue weighted by atomic mass is 9.69. The monoisotopic (exact) mass is 408 g/mol. The molecular formula is C29H60. The number of hydrogen-bond donors (Lipinski definition) is 0. The Bertz CT molecular complexity index is 360. The molecular weight excluding hydrogens is 348 g/mol. The molecule has 0 amide bonds. The molecule has 0 aromatic heterocycles. The summed E-state index contributed by atoms with van der Waals surface area (Å²) >= 11 is 0. The third-order valence-corrected chi connectivity index (χ3v) is 5.47.